The molecule has 0 atom stereocenters. The smallest absolute Gasteiger partial charge is 0.178 e. The van der Waals surface area contributed by atoms with Gasteiger partial charge >= 0.3 is 0 Å². The fraction of sp³-hybridized carbons (Fsp3) is 0.182. The van der Waals surface area contributed by atoms with Crippen molar-refractivity contribution in [3.63, 3.8) is 0 Å². The van der Waals surface area contributed by atoms with Crippen molar-refractivity contribution < 1.29 is 4.79 Å². The average molecular weight is 162 g/mol. The number of ketones is 1. The molecule has 0 N–H and O–H groups in total. The molecule has 0 bridgehead atoms. The van der Waals surface area contributed by atoms with Crippen LogP contribution in [0, 0.1) is 0 Å². The highest BCUT2D eigenvalue weighted by Gasteiger charge is 1.82. The third kappa shape index (κ3) is 6.75. The Kier molecular flexibility index (Phi) is 6.85. The van der Waals surface area contributed by atoms with Crippen LogP contribution < -0.4 is 0 Å². The van der Waals surface area contributed by atoms with Gasteiger partial charge in [0.05, 0.1) is 0 Å². The zero-order valence-electron chi connectivity index (χ0n) is 7.53. The summed E-state index contributed by atoms with van der Waals surface area (Å²) in [5, 5.41) is 0. The highest BCUT2D eigenvalue weighted by Crippen LogP contribution is 1.83. The van der Waals surface area contributed by atoms with Gasteiger partial charge in [0.1, 0.15) is 0 Å². The Morgan fingerprint density at radius 3 is 1.58 bits per heavy atom. The first-order valence-corrected chi connectivity index (χ1v) is 3.94. The molecule has 0 aliphatic heterocycles. The van der Waals surface area contributed by atoms with Crippen molar-refractivity contribution in [2.24, 2.45) is 0 Å². The average Bonchev–Trinajstić information content (AvgIpc) is 2.06. The van der Waals surface area contributed by atoms with Gasteiger partial charge in [0.2, 0.25) is 0 Å². The van der Waals surface area contributed by atoms with E-state index < -0.39 is 0 Å². The van der Waals surface area contributed by atoms with Crippen molar-refractivity contribution in [1.82, 2.24) is 0 Å². The lowest BCUT2D eigenvalue weighted by atomic mass is 10.3. The Morgan fingerprint density at radius 2 is 1.25 bits per heavy atom. The number of carbonyl (C=O) groups is 1. The van der Waals surface area contributed by atoms with E-state index in [1.165, 1.54) is 12.2 Å². The van der Waals surface area contributed by atoms with Crippen LogP contribution in [-0.2, 0) is 4.79 Å². The molecule has 0 aromatic rings. The van der Waals surface area contributed by atoms with E-state index in [9.17, 15) is 4.79 Å². The first-order valence-electron chi connectivity index (χ1n) is 3.94. The van der Waals surface area contributed by atoms with Crippen LogP contribution in [0.3, 0.4) is 0 Å². The Bertz CT molecular complexity index is 205. The number of hydrogen-bond donors (Lipinski definition) is 0. The van der Waals surface area contributed by atoms with E-state index in [0.717, 1.165) is 0 Å². The Balaban J connectivity index is 3.89. The molecule has 0 aromatic carbocycles. The van der Waals surface area contributed by atoms with Crippen LogP contribution >= 0.6 is 0 Å². The molecule has 0 unspecified atom stereocenters. The lowest BCUT2D eigenvalue weighted by Crippen LogP contribution is -1.82. The van der Waals surface area contributed by atoms with Gasteiger partial charge in [-0.15, -0.1) is 0 Å². The second kappa shape index (κ2) is 7.73. The molecule has 0 aliphatic carbocycles. The second-order valence-electron chi connectivity index (χ2n) is 2.17. The quantitative estimate of drug-likeness (QED) is 0.459. The van der Waals surface area contributed by atoms with Crippen molar-refractivity contribution in [2.75, 3.05) is 0 Å². The standard InChI is InChI=1S/C11H14O/c1-3-5-7-9-11(12)10-8-6-4-2/h3-10H,1-2H3. The predicted molar refractivity (Wildman–Crippen MR) is 52.9 cm³/mol. The number of carbonyl (C=O) groups excluding carboxylic acids is 1. The molecule has 64 valence electrons. The summed E-state index contributed by atoms with van der Waals surface area (Å²) in [5.74, 6) is 0.00574. The summed E-state index contributed by atoms with van der Waals surface area (Å²) in [7, 11) is 0. The summed E-state index contributed by atoms with van der Waals surface area (Å²) in [6, 6.07) is 0. The molecule has 0 saturated heterocycles. The monoisotopic (exact) mass is 162 g/mol. The van der Waals surface area contributed by atoms with Crippen molar-refractivity contribution in [2.45, 2.75) is 13.8 Å². The van der Waals surface area contributed by atoms with Gasteiger partial charge in [-0.2, -0.15) is 0 Å². The zero-order valence-corrected chi connectivity index (χ0v) is 7.53. The molecule has 0 fully saturated rings. The summed E-state index contributed by atoms with van der Waals surface area (Å²) >= 11 is 0. The van der Waals surface area contributed by atoms with Crippen LogP contribution in [0.5, 0.6) is 0 Å². The number of rotatable bonds is 4. The van der Waals surface area contributed by atoms with Crippen LogP contribution in [0.1, 0.15) is 13.8 Å². The van der Waals surface area contributed by atoms with E-state index in [-0.39, 0.29) is 5.78 Å². The third-order valence-corrected chi connectivity index (χ3v) is 1.13. The normalized spacial score (nSPS) is 12.8. The fourth-order valence-corrected chi connectivity index (χ4v) is 0.579. The van der Waals surface area contributed by atoms with E-state index in [4.69, 9.17) is 0 Å². The number of allylic oxidation sites excluding steroid dienone is 8. The fourth-order valence-electron chi connectivity index (χ4n) is 0.579. The van der Waals surface area contributed by atoms with Gasteiger partial charge in [-0.05, 0) is 26.0 Å². The Hall–Kier alpha value is -1.37. The van der Waals surface area contributed by atoms with E-state index in [1.807, 2.05) is 38.2 Å². The van der Waals surface area contributed by atoms with Gasteiger partial charge < -0.3 is 0 Å². The van der Waals surface area contributed by atoms with Gasteiger partial charge in [-0.3, -0.25) is 4.79 Å². The lowest BCUT2D eigenvalue weighted by Gasteiger charge is -1.78. The van der Waals surface area contributed by atoms with Crippen molar-refractivity contribution >= 4 is 5.78 Å². The summed E-state index contributed by atoms with van der Waals surface area (Å²) < 4.78 is 0. The van der Waals surface area contributed by atoms with Gasteiger partial charge in [0.25, 0.3) is 0 Å². The first kappa shape index (κ1) is 10.6. The van der Waals surface area contributed by atoms with Crippen molar-refractivity contribution in [3.05, 3.63) is 48.6 Å². The van der Waals surface area contributed by atoms with Gasteiger partial charge in [0, 0.05) is 0 Å². The summed E-state index contributed by atoms with van der Waals surface area (Å²) in [5.41, 5.74) is 0. The SMILES string of the molecule is CC=CC=CC(=O)C=CC=CC. The molecular formula is C11H14O. The summed E-state index contributed by atoms with van der Waals surface area (Å²) in [6.07, 6.45) is 13.9. The van der Waals surface area contributed by atoms with Crippen LogP contribution in [0.25, 0.3) is 0 Å². The van der Waals surface area contributed by atoms with E-state index in [0.29, 0.717) is 0 Å². The zero-order chi connectivity index (χ0) is 9.23. The maximum Gasteiger partial charge on any atom is 0.178 e. The largest absolute Gasteiger partial charge is 0.290 e. The van der Waals surface area contributed by atoms with Gasteiger partial charge in [0.15, 0.2) is 5.78 Å². The molecule has 0 heterocycles. The van der Waals surface area contributed by atoms with Crippen molar-refractivity contribution in [3.8, 4) is 0 Å². The van der Waals surface area contributed by atoms with Crippen molar-refractivity contribution in [1.29, 1.82) is 0 Å². The van der Waals surface area contributed by atoms with E-state index >= 15 is 0 Å². The molecule has 12 heavy (non-hydrogen) atoms. The second-order valence-corrected chi connectivity index (χ2v) is 2.17. The van der Waals surface area contributed by atoms with Crippen LogP contribution in [0.15, 0.2) is 48.6 Å². The Morgan fingerprint density at radius 1 is 0.833 bits per heavy atom. The summed E-state index contributed by atoms with van der Waals surface area (Å²) in [6.45, 7) is 3.81. The molecule has 0 aliphatic rings. The Labute approximate surface area is 73.8 Å². The highest BCUT2D eigenvalue weighted by atomic mass is 16.1. The molecule has 0 amide bonds. The maximum absolute atomic E-state index is 11.0. The highest BCUT2D eigenvalue weighted by molar-refractivity contribution is 5.99. The number of hydrogen-bond acceptors (Lipinski definition) is 1. The maximum atomic E-state index is 11.0. The molecule has 0 aromatic heterocycles. The van der Waals surface area contributed by atoms with E-state index in [1.54, 1.807) is 12.2 Å². The molecule has 0 radical (unpaired) electrons. The molecule has 1 heteroatoms. The van der Waals surface area contributed by atoms with Crippen LogP contribution in [0.2, 0.25) is 0 Å². The topological polar surface area (TPSA) is 17.1 Å². The predicted octanol–water partition coefficient (Wildman–Crippen LogP) is 2.82. The minimum atomic E-state index is 0.00574. The lowest BCUT2D eigenvalue weighted by molar-refractivity contribution is -0.110. The van der Waals surface area contributed by atoms with Gasteiger partial charge in [-0.1, -0.05) is 36.5 Å². The van der Waals surface area contributed by atoms with Gasteiger partial charge in [-0.25, -0.2) is 0 Å². The molecule has 1 nitrogen and oxygen atoms in total. The molecular weight excluding hydrogens is 148 g/mol. The first-order chi connectivity index (χ1) is 5.81. The third-order valence-electron chi connectivity index (χ3n) is 1.13. The summed E-state index contributed by atoms with van der Waals surface area (Å²) in [4.78, 5) is 11.0. The minimum Gasteiger partial charge on any atom is -0.290 e. The molecule has 0 spiro atoms. The molecule has 0 saturated carbocycles. The molecule has 0 rings (SSSR count). The van der Waals surface area contributed by atoms with E-state index in [2.05, 4.69) is 0 Å². The van der Waals surface area contributed by atoms with Crippen LogP contribution in [-0.4, -0.2) is 5.78 Å². The minimum absolute atomic E-state index is 0.00574. The van der Waals surface area contributed by atoms with Crippen LogP contribution in [0.4, 0.5) is 0 Å².